The summed E-state index contributed by atoms with van der Waals surface area (Å²) in [5.41, 5.74) is 0.296. The molecule has 1 rings (SSSR count). The van der Waals surface area contributed by atoms with Gasteiger partial charge in [-0.3, -0.25) is 10.1 Å². The van der Waals surface area contributed by atoms with Gasteiger partial charge in [-0.2, -0.15) is 0 Å². The van der Waals surface area contributed by atoms with Crippen molar-refractivity contribution >= 4 is 17.9 Å². The first-order valence-corrected chi connectivity index (χ1v) is 7.86. The van der Waals surface area contributed by atoms with Crippen LogP contribution in [0.5, 0.6) is 5.75 Å². The Labute approximate surface area is 141 Å². The van der Waals surface area contributed by atoms with Crippen LogP contribution >= 0.6 is 0 Å². The highest BCUT2D eigenvalue weighted by Gasteiger charge is 2.20. The van der Waals surface area contributed by atoms with E-state index >= 15 is 0 Å². The Morgan fingerprint density at radius 1 is 1.08 bits per heavy atom. The van der Waals surface area contributed by atoms with E-state index in [0.717, 1.165) is 0 Å². The Balaban J connectivity index is 2.54. The highest BCUT2D eigenvalue weighted by Crippen LogP contribution is 2.14. The number of urea groups is 1. The third kappa shape index (κ3) is 6.68. The van der Waals surface area contributed by atoms with Crippen LogP contribution < -0.4 is 15.4 Å². The number of carbonyl (C=O) groups excluding carboxylic acids is 3. The van der Waals surface area contributed by atoms with Crippen molar-refractivity contribution in [2.24, 2.45) is 5.92 Å². The molecule has 7 nitrogen and oxygen atoms in total. The van der Waals surface area contributed by atoms with Crippen LogP contribution in [0.25, 0.3) is 0 Å². The summed E-state index contributed by atoms with van der Waals surface area (Å²) in [5, 5.41) is 4.50. The molecule has 0 bridgehead atoms. The van der Waals surface area contributed by atoms with Gasteiger partial charge < -0.3 is 14.8 Å². The van der Waals surface area contributed by atoms with Crippen molar-refractivity contribution in [3.63, 3.8) is 0 Å². The number of benzene rings is 1. The second-order valence-corrected chi connectivity index (χ2v) is 5.63. The van der Waals surface area contributed by atoms with Crippen molar-refractivity contribution in [1.82, 2.24) is 10.6 Å². The molecule has 0 radical (unpaired) electrons. The van der Waals surface area contributed by atoms with Crippen LogP contribution in [0.15, 0.2) is 24.3 Å². The summed E-state index contributed by atoms with van der Waals surface area (Å²) in [6.07, 6.45) is -1.09. The van der Waals surface area contributed by atoms with E-state index in [4.69, 9.17) is 9.47 Å². The minimum Gasteiger partial charge on any atom is -0.493 e. The highest BCUT2D eigenvalue weighted by atomic mass is 16.5. The summed E-state index contributed by atoms with van der Waals surface area (Å²) in [6.45, 7) is 8.17. The van der Waals surface area contributed by atoms with Gasteiger partial charge in [0.15, 0.2) is 6.10 Å². The predicted octanol–water partition coefficient (Wildman–Crippen LogP) is 2.11. The fraction of sp³-hybridized carbons (Fsp3) is 0.471. The molecule has 0 aromatic heterocycles. The number of hydrogen-bond donors (Lipinski definition) is 2. The number of nitrogens with one attached hydrogen (secondary N) is 2. The van der Waals surface area contributed by atoms with E-state index in [1.807, 2.05) is 13.8 Å². The summed E-state index contributed by atoms with van der Waals surface area (Å²) >= 11 is 0. The quantitative estimate of drug-likeness (QED) is 0.744. The molecule has 0 heterocycles. The van der Waals surface area contributed by atoms with E-state index < -0.39 is 24.0 Å². The van der Waals surface area contributed by atoms with E-state index in [1.165, 1.54) is 6.92 Å². The van der Waals surface area contributed by atoms with Crippen LogP contribution in [0.4, 0.5) is 4.79 Å². The molecule has 0 saturated heterocycles. The minimum atomic E-state index is -1.09. The molecule has 1 atom stereocenters. The number of amides is 3. The van der Waals surface area contributed by atoms with Gasteiger partial charge in [0.2, 0.25) is 0 Å². The highest BCUT2D eigenvalue weighted by molar-refractivity contribution is 5.98. The molecule has 0 unspecified atom stereocenters. The maximum atomic E-state index is 12.0. The van der Waals surface area contributed by atoms with Crippen molar-refractivity contribution in [2.45, 2.75) is 33.8 Å². The standard InChI is InChI=1S/C17H24N2O5/c1-5-18-17(22)19-15(20)12(4)24-16(21)13-6-8-14(9-7-13)23-10-11(2)3/h6-9,11-12H,5,10H2,1-4H3,(H2,18,19,20,22)/t12-/m1/s1. The molecule has 0 spiro atoms. The Hall–Kier alpha value is -2.57. The maximum absolute atomic E-state index is 12.0. The monoisotopic (exact) mass is 336 g/mol. The Kier molecular flexibility index (Phi) is 7.74. The van der Waals surface area contributed by atoms with Crippen LogP contribution in [-0.4, -0.2) is 37.2 Å². The van der Waals surface area contributed by atoms with Crippen LogP contribution in [0.2, 0.25) is 0 Å². The summed E-state index contributed by atoms with van der Waals surface area (Å²) in [4.78, 5) is 35.0. The van der Waals surface area contributed by atoms with E-state index in [1.54, 1.807) is 31.2 Å². The van der Waals surface area contributed by atoms with Gasteiger partial charge in [-0.15, -0.1) is 0 Å². The molecule has 0 aliphatic heterocycles. The van der Waals surface area contributed by atoms with Gasteiger partial charge in [-0.1, -0.05) is 13.8 Å². The van der Waals surface area contributed by atoms with Gasteiger partial charge in [0.1, 0.15) is 5.75 Å². The van der Waals surface area contributed by atoms with Crippen LogP contribution in [0.3, 0.4) is 0 Å². The van der Waals surface area contributed by atoms with E-state index in [-0.39, 0.29) is 0 Å². The third-order valence-electron chi connectivity index (χ3n) is 2.90. The number of imide groups is 1. The number of esters is 1. The van der Waals surface area contributed by atoms with E-state index in [9.17, 15) is 14.4 Å². The van der Waals surface area contributed by atoms with Crippen molar-refractivity contribution in [3.8, 4) is 5.75 Å². The van der Waals surface area contributed by atoms with Crippen LogP contribution in [0.1, 0.15) is 38.1 Å². The number of rotatable bonds is 7. The van der Waals surface area contributed by atoms with Gasteiger partial charge in [0.05, 0.1) is 12.2 Å². The topological polar surface area (TPSA) is 93.7 Å². The van der Waals surface area contributed by atoms with Gasteiger partial charge in [0.25, 0.3) is 5.91 Å². The Morgan fingerprint density at radius 3 is 2.25 bits per heavy atom. The number of hydrogen-bond acceptors (Lipinski definition) is 5. The Morgan fingerprint density at radius 2 is 1.71 bits per heavy atom. The lowest BCUT2D eigenvalue weighted by molar-refractivity contribution is -0.127. The molecule has 0 saturated carbocycles. The lowest BCUT2D eigenvalue weighted by Gasteiger charge is -2.13. The van der Waals surface area contributed by atoms with Crippen LogP contribution in [-0.2, 0) is 9.53 Å². The molecular formula is C17H24N2O5. The molecule has 24 heavy (non-hydrogen) atoms. The smallest absolute Gasteiger partial charge is 0.338 e. The average Bonchev–Trinajstić information content (AvgIpc) is 2.53. The average molecular weight is 336 g/mol. The van der Waals surface area contributed by atoms with Gasteiger partial charge in [-0.05, 0) is 44.0 Å². The Bertz CT molecular complexity index is 569. The SMILES string of the molecule is CCNC(=O)NC(=O)[C@@H](C)OC(=O)c1ccc(OCC(C)C)cc1. The molecule has 7 heteroatoms. The molecule has 3 amide bonds. The first kappa shape index (κ1) is 19.5. The first-order chi connectivity index (χ1) is 11.3. The van der Waals surface area contributed by atoms with Crippen molar-refractivity contribution in [2.75, 3.05) is 13.2 Å². The molecule has 0 aliphatic carbocycles. The molecular weight excluding hydrogens is 312 g/mol. The maximum Gasteiger partial charge on any atom is 0.338 e. The number of ether oxygens (including phenoxy) is 2. The third-order valence-corrected chi connectivity index (χ3v) is 2.90. The summed E-state index contributed by atoms with van der Waals surface area (Å²) in [7, 11) is 0. The van der Waals surface area contributed by atoms with Crippen molar-refractivity contribution in [3.05, 3.63) is 29.8 Å². The van der Waals surface area contributed by atoms with E-state index in [2.05, 4.69) is 10.6 Å². The lowest BCUT2D eigenvalue weighted by atomic mass is 10.2. The molecule has 0 fully saturated rings. The van der Waals surface area contributed by atoms with Gasteiger partial charge in [0, 0.05) is 6.54 Å². The largest absolute Gasteiger partial charge is 0.493 e. The number of carbonyl (C=O) groups is 3. The lowest BCUT2D eigenvalue weighted by Crippen LogP contribution is -2.44. The molecule has 0 aliphatic rings. The summed E-state index contributed by atoms with van der Waals surface area (Å²) < 4.78 is 10.6. The summed E-state index contributed by atoms with van der Waals surface area (Å²) in [5.74, 6) is -0.281. The van der Waals surface area contributed by atoms with Crippen molar-refractivity contribution < 1.29 is 23.9 Å². The normalized spacial score (nSPS) is 11.5. The zero-order valence-corrected chi connectivity index (χ0v) is 14.4. The molecule has 1 aromatic carbocycles. The van der Waals surface area contributed by atoms with E-state index in [0.29, 0.717) is 30.4 Å². The van der Waals surface area contributed by atoms with Crippen LogP contribution in [0, 0.1) is 5.92 Å². The first-order valence-electron chi connectivity index (χ1n) is 7.86. The zero-order chi connectivity index (χ0) is 18.1. The predicted molar refractivity (Wildman–Crippen MR) is 88.9 cm³/mol. The van der Waals surface area contributed by atoms with Gasteiger partial charge in [-0.25, -0.2) is 9.59 Å². The van der Waals surface area contributed by atoms with Crippen molar-refractivity contribution in [1.29, 1.82) is 0 Å². The second kappa shape index (κ2) is 9.54. The molecule has 2 N–H and O–H groups in total. The van der Waals surface area contributed by atoms with Gasteiger partial charge >= 0.3 is 12.0 Å². The summed E-state index contributed by atoms with van der Waals surface area (Å²) in [6, 6.07) is 5.83. The zero-order valence-electron chi connectivity index (χ0n) is 14.4. The fourth-order valence-corrected chi connectivity index (χ4v) is 1.65. The molecule has 1 aromatic rings. The minimum absolute atomic E-state index is 0.296. The molecule has 132 valence electrons. The second-order valence-electron chi connectivity index (χ2n) is 5.63. The fourth-order valence-electron chi connectivity index (χ4n) is 1.65.